The fourth-order valence-electron chi connectivity index (χ4n) is 1.71. The molecule has 1 aromatic heterocycles. The lowest BCUT2D eigenvalue weighted by atomic mass is 10.1. The Morgan fingerprint density at radius 3 is 2.86 bits per heavy atom. The van der Waals surface area contributed by atoms with Crippen LogP contribution >= 0.6 is 0 Å². The smallest absolute Gasteiger partial charge is 0.416 e. The van der Waals surface area contributed by atoms with Crippen LogP contribution in [0.25, 0.3) is 0 Å². The van der Waals surface area contributed by atoms with E-state index in [4.69, 9.17) is 0 Å². The van der Waals surface area contributed by atoms with Crippen LogP contribution in [-0.4, -0.2) is 16.4 Å². The number of hydrogen-bond donors (Lipinski definition) is 0. The molecule has 0 spiro atoms. The molecule has 0 N–H and O–H groups in total. The maximum absolute atomic E-state index is 12.6. The average Bonchev–Trinajstić information content (AvgIpc) is 2.76. The maximum atomic E-state index is 12.6. The first kappa shape index (κ1) is 14.8. The predicted molar refractivity (Wildman–Crippen MR) is 62.6 cm³/mol. The second kappa shape index (κ2) is 5.81. The van der Waals surface area contributed by atoms with Crippen molar-refractivity contribution in [2.24, 2.45) is 0 Å². The largest absolute Gasteiger partial charge is 0.693 e. The molecule has 2 aromatic rings. The van der Waals surface area contributed by atoms with Crippen LogP contribution < -0.4 is 4.85 Å². The van der Waals surface area contributed by atoms with Gasteiger partial charge in [0.25, 0.3) is 12.2 Å². The predicted octanol–water partition coefficient (Wildman–Crippen LogP) is 1.26. The molecule has 0 saturated heterocycles. The molecule has 0 aliphatic carbocycles. The maximum Gasteiger partial charge on any atom is 0.416 e. The zero-order valence-electron chi connectivity index (χ0n) is 10.6. The van der Waals surface area contributed by atoms with Gasteiger partial charge in [0.1, 0.15) is 6.54 Å². The van der Waals surface area contributed by atoms with E-state index in [9.17, 15) is 23.2 Å². The zero-order chi connectivity index (χ0) is 15.5. The molecule has 0 saturated carbocycles. The zero-order valence-corrected chi connectivity index (χ0v) is 10.6. The van der Waals surface area contributed by atoms with Gasteiger partial charge in [-0.3, -0.25) is 4.79 Å². The van der Waals surface area contributed by atoms with Crippen LogP contribution in [0.1, 0.15) is 16.8 Å². The van der Waals surface area contributed by atoms with Gasteiger partial charge in [0.15, 0.2) is 12.8 Å². The fraction of sp³-hybridized carbons (Fsp3) is 0.250. The lowest BCUT2D eigenvalue weighted by Gasteiger charge is -2.08. The van der Waals surface area contributed by atoms with Gasteiger partial charge in [-0.15, -0.1) is 0 Å². The van der Waals surface area contributed by atoms with Gasteiger partial charge in [0.2, 0.25) is 0 Å². The first-order chi connectivity index (χ1) is 9.90. The Morgan fingerprint density at radius 2 is 2.19 bits per heavy atom. The minimum absolute atomic E-state index is 0.130. The molecule has 112 valence electrons. The van der Waals surface area contributed by atoms with Crippen molar-refractivity contribution in [3.8, 4) is 0 Å². The molecule has 2 rings (SSSR count). The van der Waals surface area contributed by atoms with Gasteiger partial charge in [-0.25, -0.2) is 0 Å². The molecule has 0 atom stereocenters. The molecule has 0 fully saturated rings. The monoisotopic (exact) mass is 301 g/mol. The summed E-state index contributed by atoms with van der Waals surface area (Å²) in [5, 5.41) is 15.4. The van der Waals surface area contributed by atoms with E-state index in [1.807, 2.05) is 0 Å². The van der Waals surface area contributed by atoms with Crippen LogP contribution in [0.5, 0.6) is 0 Å². The molecule has 0 aliphatic rings. The van der Waals surface area contributed by atoms with Crippen LogP contribution in [-0.2, 0) is 28.9 Å². The van der Waals surface area contributed by atoms with Crippen molar-refractivity contribution in [1.82, 2.24) is 9.90 Å². The van der Waals surface area contributed by atoms with E-state index < -0.39 is 11.7 Å². The highest BCUT2D eigenvalue weighted by Crippen LogP contribution is 2.29. The first-order valence-electron chi connectivity index (χ1n) is 5.77. The Kier molecular flexibility index (Phi) is 4.10. The molecule has 9 heteroatoms. The van der Waals surface area contributed by atoms with Gasteiger partial charge in [-0.05, 0) is 22.5 Å². The van der Waals surface area contributed by atoms with Gasteiger partial charge in [0, 0.05) is 5.10 Å². The standard InChI is InChI=1S/C12H10F3N3O3/c13-12(14,15)10-3-1-2-9(4-10)5-17-16-11(6-18(17)20)7-21-8-19/h1-4,6,8H,5,7H2. The highest BCUT2D eigenvalue weighted by atomic mass is 19.4. The van der Waals surface area contributed by atoms with Gasteiger partial charge in [0.05, 0.1) is 5.56 Å². The highest BCUT2D eigenvalue weighted by molar-refractivity contribution is 5.36. The molecular weight excluding hydrogens is 291 g/mol. The van der Waals surface area contributed by atoms with Gasteiger partial charge >= 0.3 is 6.18 Å². The van der Waals surface area contributed by atoms with Crippen LogP contribution in [0.4, 0.5) is 13.2 Å². The van der Waals surface area contributed by atoms with E-state index in [-0.39, 0.29) is 30.9 Å². The quantitative estimate of drug-likeness (QED) is 0.473. The summed E-state index contributed by atoms with van der Waals surface area (Å²) in [4.78, 5) is 11.3. The molecule has 0 amide bonds. The number of ether oxygens (including phenoxy) is 1. The number of nitrogens with zero attached hydrogens (tertiary/aromatic N) is 3. The van der Waals surface area contributed by atoms with Gasteiger partial charge in [-0.2, -0.15) is 18.0 Å². The third-order valence-electron chi connectivity index (χ3n) is 2.61. The van der Waals surface area contributed by atoms with E-state index in [1.165, 1.54) is 12.1 Å². The summed E-state index contributed by atoms with van der Waals surface area (Å²) >= 11 is 0. The van der Waals surface area contributed by atoms with Crippen LogP contribution in [0.2, 0.25) is 0 Å². The van der Waals surface area contributed by atoms with Crippen LogP contribution in [0.3, 0.4) is 0 Å². The second-order valence-electron chi connectivity index (χ2n) is 4.16. The normalized spacial score (nSPS) is 11.4. The lowest BCUT2D eigenvalue weighted by molar-refractivity contribution is -0.698. The van der Waals surface area contributed by atoms with Crippen molar-refractivity contribution in [2.75, 3.05) is 0 Å². The summed E-state index contributed by atoms with van der Waals surface area (Å²) in [6.07, 6.45) is -3.37. The third kappa shape index (κ3) is 3.71. The van der Waals surface area contributed by atoms with E-state index in [2.05, 4.69) is 9.84 Å². The molecule has 0 unspecified atom stereocenters. The molecule has 1 aromatic carbocycles. The van der Waals surface area contributed by atoms with Crippen LogP contribution in [0, 0.1) is 5.21 Å². The summed E-state index contributed by atoms with van der Waals surface area (Å²) in [7, 11) is 0. The fourth-order valence-corrected chi connectivity index (χ4v) is 1.71. The summed E-state index contributed by atoms with van der Waals surface area (Å²) in [5.74, 6) is 0. The molecule has 6 nitrogen and oxygen atoms in total. The molecule has 1 heterocycles. The van der Waals surface area contributed by atoms with Crippen molar-refractivity contribution in [1.29, 1.82) is 0 Å². The van der Waals surface area contributed by atoms with Crippen molar-refractivity contribution in [3.05, 3.63) is 52.5 Å². The third-order valence-corrected chi connectivity index (χ3v) is 2.61. The number of hydrogen-bond acceptors (Lipinski definition) is 4. The molecule has 21 heavy (non-hydrogen) atoms. The van der Waals surface area contributed by atoms with Crippen molar-refractivity contribution in [2.45, 2.75) is 19.3 Å². The van der Waals surface area contributed by atoms with E-state index in [0.29, 0.717) is 4.85 Å². The highest BCUT2D eigenvalue weighted by Gasteiger charge is 2.30. The minimum atomic E-state index is -4.45. The number of alkyl halides is 3. The molecular formula is C12H10F3N3O3. The Balaban J connectivity index is 2.18. The average molecular weight is 301 g/mol. The summed E-state index contributed by atoms with van der Waals surface area (Å²) in [6.45, 7) is -0.100. The Morgan fingerprint density at radius 1 is 1.43 bits per heavy atom. The topological polar surface area (TPSA) is 71.1 Å². The van der Waals surface area contributed by atoms with E-state index in [0.717, 1.165) is 23.1 Å². The lowest BCUT2D eigenvalue weighted by Crippen LogP contribution is -2.37. The molecule has 0 radical (unpaired) electrons. The van der Waals surface area contributed by atoms with Crippen molar-refractivity contribution >= 4 is 6.47 Å². The first-order valence-corrected chi connectivity index (χ1v) is 5.77. The Bertz CT molecular complexity index is 640. The molecule has 0 bridgehead atoms. The second-order valence-corrected chi connectivity index (χ2v) is 4.16. The van der Waals surface area contributed by atoms with Crippen molar-refractivity contribution in [3.63, 3.8) is 0 Å². The number of carbonyl (C=O) groups is 1. The molecule has 0 aliphatic heterocycles. The van der Waals surface area contributed by atoms with Crippen molar-refractivity contribution < 1.29 is 27.5 Å². The van der Waals surface area contributed by atoms with Gasteiger partial charge < -0.3 is 9.94 Å². The summed E-state index contributed by atoms with van der Waals surface area (Å²) < 4.78 is 42.2. The number of halogens is 3. The number of benzene rings is 1. The number of rotatable bonds is 5. The number of carbonyl (C=O) groups excluding carboxylic acids is 1. The van der Waals surface area contributed by atoms with E-state index in [1.54, 1.807) is 0 Å². The van der Waals surface area contributed by atoms with E-state index >= 15 is 0 Å². The summed E-state index contributed by atoms with van der Waals surface area (Å²) in [5.41, 5.74) is -0.321. The minimum Gasteiger partial charge on any atom is -0.693 e. The Hall–Kier alpha value is -2.58. The summed E-state index contributed by atoms with van der Waals surface area (Å²) in [6, 6.07) is 4.61. The SMILES string of the molecule is O=COCc1c[n+]([O-])n(Cc2cccc(C(F)(F)F)c2)n1. The van der Waals surface area contributed by atoms with Gasteiger partial charge in [-0.1, -0.05) is 12.1 Å². The number of aromatic nitrogens is 3. The Labute approximate surface area is 116 Å². The van der Waals surface area contributed by atoms with Crippen LogP contribution in [0.15, 0.2) is 30.5 Å².